The third kappa shape index (κ3) is 4.69. The molecule has 0 fully saturated rings. The number of halogens is 2. The first kappa shape index (κ1) is 22.0. The number of aromatic nitrogens is 4. The van der Waals surface area contributed by atoms with Gasteiger partial charge in [0.1, 0.15) is 11.5 Å². The largest absolute Gasteiger partial charge is 0.373 e. The van der Waals surface area contributed by atoms with Crippen molar-refractivity contribution in [2.45, 2.75) is 13.3 Å². The van der Waals surface area contributed by atoms with E-state index >= 15 is 0 Å². The van der Waals surface area contributed by atoms with Crippen LogP contribution in [-0.4, -0.2) is 40.1 Å². The maximum atomic E-state index is 12.9. The van der Waals surface area contributed by atoms with Gasteiger partial charge in [0.2, 0.25) is 0 Å². The average Bonchev–Trinajstić information content (AvgIpc) is 2.84. The highest BCUT2D eigenvalue weighted by molar-refractivity contribution is 6.01. The molecule has 168 valence electrons. The summed E-state index contributed by atoms with van der Waals surface area (Å²) in [7, 11) is 3.28. The Kier molecular flexibility index (Phi) is 6.07. The maximum Gasteiger partial charge on any atom is 0.326 e. The number of alkyl halides is 2. The van der Waals surface area contributed by atoms with E-state index < -0.39 is 18.2 Å². The van der Waals surface area contributed by atoms with Gasteiger partial charge in [0.25, 0.3) is 6.43 Å². The summed E-state index contributed by atoms with van der Waals surface area (Å²) < 4.78 is 25.9. The molecule has 0 bridgehead atoms. The Bertz CT molecular complexity index is 1330. The topological polar surface area (TPSA) is 95.9 Å². The lowest BCUT2D eigenvalue weighted by Gasteiger charge is -2.19. The van der Waals surface area contributed by atoms with Crippen LogP contribution in [-0.2, 0) is 0 Å². The van der Waals surface area contributed by atoms with Gasteiger partial charge in [-0.05, 0) is 31.2 Å². The number of nitrogens with one attached hydrogen (secondary N) is 2. The molecule has 0 spiro atoms. The zero-order valence-electron chi connectivity index (χ0n) is 18.2. The highest BCUT2D eigenvalue weighted by Gasteiger charge is 2.16. The predicted octanol–water partition coefficient (Wildman–Crippen LogP) is 5.04. The molecular formula is C23H21F2N7O. The zero-order valence-corrected chi connectivity index (χ0v) is 18.2. The van der Waals surface area contributed by atoms with Crippen LogP contribution in [0.15, 0.2) is 55.1 Å². The lowest BCUT2D eigenvalue weighted by molar-refractivity contribution is 0.146. The normalized spacial score (nSPS) is 11.0. The Morgan fingerprint density at radius 3 is 2.61 bits per heavy atom. The molecule has 10 heteroatoms. The van der Waals surface area contributed by atoms with Gasteiger partial charge in [0.05, 0.1) is 17.4 Å². The number of nitrogens with zero attached hydrogens (tertiary/aromatic N) is 5. The van der Waals surface area contributed by atoms with Gasteiger partial charge in [-0.2, -0.15) is 0 Å². The first-order valence-corrected chi connectivity index (χ1v) is 10.0. The standard InChI is InChI=1S/C23H21F2N7O/c1-13-18(14-6-15-11-30-21(26-2)9-19(15)29-10-14)7-16(12-28-13)31-23(33)32(3)17-4-5-27-20(8-17)22(24)25/h4-12,22H,1-3H3,(H,26,30)(H,31,33). The van der Waals surface area contributed by atoms with Crippen molar-refractivity contribution in [1.29, 1.82) is 0 Å². The van der Waals surface area contributed by atoms with Gasteiger partial charge < -0.3 is 10.6 Å². The fourth-order valence-electron chi connectivity index (χ4n) is 3.29. The number of carbonyl (C=O) groups is 1. The van der Waals surface area contributed by atoms with Gasteiger partial charge in [0.15, 0.2) is 0 Å². The molecule has 4 aromatic heterocycles. The molecule has 0 saturated carbocycles. The Morgan fingerprint density at radius 2 is 1.85 bits per heavy atom. The van der Waals surface area contributed by atoms with Crippen LogP contribution in [0.5, 0.6) is 0 Å². The van der Waals surface area contributed by atoms with Crippen molar-refractivity contribution in [3.63, 3.8) is 0 Å². The van der Waals surface area contributed by atoms with Crippen molar-refractivity contribution in [3.05, 3.63) is 66.5 Å². The molecule has 0 aliphatic heterocycles. The van der Waals surface area contributed by atoms with Crippen molar-refractivity contribution >= 4 is 34.1 Å². The van der Waals surface area contributed by atoms with Gasteiger partial charge in [-0.25, -0.2) is 18.6 Å². The van der Waals surface area contributed by atoms with Gasteiger partial charge in [0, 0.05) is 66.6 Å². The Morgan fingerprint density at radius 1 is 1.03 bits per heavy atom. The molecule has 0 aliphatic carbocycles. The maximum absolute atomic E-state index is 12.9. The summed E-state index contributed by atoms with van der Waals surface area (Å²) in [4.78, 5) is 30.8. The van der Waals surface area contributed by atoms with Crippen molar-refractivity contribution in [2.75, 3.05) is 29.6 Å². The number of aryl methyl sites for hydroxylation is 1. The number of fused-ring (bicyclic) bond motifs is 1. The number of amides is 2. The monoisotopic (exact) mass is 449 g/mol. The summed E-state index contributed by atoms with van der Waals surface area (Å²) in [5.41, 5.74) is 3.54. The number of hydrogen-bond donors (Lipinski definition) is 2. The second-order valence-corrected chi connectivity index (χ2v) is 7.32. The van der Waals surface area contributed by atoms with E-state index in [1.165, 1.54) is 36.5 Å². The smallest absolute Gasteiger partial charge is 0.326 e. The van der Waals surface area contributed by atoms with Crippen molar-refractivity contribution in [2.24, 2.45) is 0 Å². The Balaban J connectivity index is 1.59. The van der Waals surface area contributed by atoms with E-state index in [1.807, 2.05) is 19.1 Å². The molecule has 8 nitrogen and oxygen atoms in total. The van der Waals surface area contributed by atoms with Gasteiger partial charge >= 0.3 is 6.03 Å². The van der Waals surface area contributed by atoms with Crippen LogP contribution >= 0.6 is 0 Å². The Hall–Kier alpha value is -4.21. The third-order valence-corrected chi connectivity index (χ3v) is 5.15. The minimum absolute atomic E-state index is 0.297. The van der Waals surface area contributed by atoms with Crippen LogP contribution in [0, 0.1) is 6.92 Å². The fraction of sp³-hybridized carbons (Fsp3) is 0.174. The summed E-state index contributed by atoms with van der Waals surface area (Å²) >= 11 is 0. The quantitative estimate of drug-likeness (QED) is 0.443. The molecule has 0 radical (unpaired) electrons. The van der Waals surface area contributed by atoms with E-state index in [4.69, 9.17) is 0 Å². The lowest BCUT2D eigenvalue weighted by Crippen LogP contribution is -2.31. The molecule has 4 aromatic rings. The van der Waals surface area contributed by atoms with E-state index in [-0.39, 0.29) is 0 Å². The van der Waals surface area contributed by atoms with E-state index in [0.29, 0.717) is 11.4 Å². The van der Waals surface area contributed by atoms with E-state index in [9.17, 15) is 13.6 Å². The highest BCUT2D eigenvalue weighted by Crippen LogP contribution is 2.28. The first-order chi connectivity index (χ1) is 15.9. The second kappa shape index (κ2) is 9.11. The number of pyridine rings is 4. The van der Waals surface area contributed by atoms with Crippen LogP contribution in [0.1, 0.15) is 17.8 Å². The second-order valence-electron chi connectivity index (χ2n) is 7.32. The summed E-state index contributed by atoms with van der Waals surface area (Å²) in [6.07, 6.45) is 3.54. The van der Waals surface area contributed by atoms with E-state index in [1.54, 1.807) is 25.5 Å². The highest BCUT2D eigenvalue weighted by atomic mass is 19.3. The van der Waals surface area contributed by atoms with Crippen molar-refractivity contribution < 1.29 is 13.6 Å². The summed E-state index contributed by atoms with van der Waals surface area (Å²) in [5, 5.41) is 6.61. The predicted molar refractivity (Wildman–Crippen MR) is 124 cm³/mol. The SMILES string of the molecule is CNc1cc2ncc(-c3cc(NC(=O)N(C)c4ccnc(C(F)F)c4)cnc3C)cc2cn1. The lowest BCUT2D eigenvalue weighted by atomic mass is 10.0. The molecule has 4 rings (SSSR count). The average molecular weight is 449 g/mol. The molecule has 0 unspecified atom stereocenters. The minimum atomic E-state index is -2.72. The van der Waals surface area contributed by atoms with Gasteiger partial charge in [-0.1, -0.05) is 0 Å². The third-order valence-electron chi connectivity index (χ3n) is 5.15. The fourth-order valence-corrected chi connectivity index (χ4v) is 3.29. The van der Waals surface area contributed by atoms with E-state index in [2.05, 4.69) is 30.6 Å². The molecule has 0 aromatic carbocycles. The van der Waals surface area contributed by atoms with Crippen LogP contribution in [0.25, 0.3) is 22.0 Å². The number of hydrogen-bond acceptors (Lipinski definition) is 6. The summed E-state index contributed by atoms with van der Waals surface area (Å²) in [6.45, 7) is 1.86. The summed E-state index contributed by atoms with van der Waals surface area (Å²) in [6, 6.07) is 7.77. The number of rotatable bonds is 5. The van der Waals surface area contributed by atoms with Crippen LogP contribution in [0.2, 0.25) is 0 Å². The Labute approximate surface area is 188 Å². The van der Waals surface area contributed by atoms with Crippen LogP contribution in [0.4, 0.5) is 30.8 Å². The number of urea groups is 1. The number of anilines is 3. The molecular weight excluding hydrogens is 428 g/mol. The number of carbonyl (C=O) groups excluding carboxylic acids is 1. The molecule has 0 saturated heterocycles. The molecule has 0 atom stereocenters. The van der Waals surface area contributed by atoms with Crippen molar-refractivity contribution in [3.8, 4) is 11.1 Å². The van der Waals surface area contributed by atoms with Crippen molar-refractivity contribution in [1.82, 2.24) is 19.9 Å². The van der Waals surface area contributed by atoms with Crippen LogP contribution in [0.3, 0.4) is 0 Å². The van der Waals surface area contributed by atoms with Gasteiger partial charge in [-0.15, -0.1) is 0 Å². The molecule has 0 aliphatic rings. The molecule has 2 N–H and O–H groups in total. The van der Waals surface area contributed by atoms with Gasteiger partial charge in [-0.3, -0.25) is 19.9 Å². The van der Waals surface area contributed by atoms with E-state index in [0.717, 1.165) is 33.5 Å². The summed E-state index contributed by atoms with van der Waals surface area (Å²) in [5.74, 6) is 0.726. The first-order valence-electron chi connectivity index (χ1n) is 10.0. The minimum Gasteiger partial charge on any atom is -0.373 e. The molecule has 33 heavy (non-hydrogen) atoms. The molecule has 4 heterocycles. The van der Waals surface area contributed by atoms with Crippen LogP contribution < -0.4 is 15.5 Å². The zero-order chi connectivity index (χ0) is 23.5. The molecule has 2 amide bonds.